The Morgan fingerprint density at radius 2 is 1.68 bits per heavy atom. The Labute approximate surface area is 217 Å². The minimum atomic E-state index is -2.59. The van der Waals surface area contributed by atoms with Crippen LogP contribution in [0.1, 0.15) is 88.9 Å². The highest BCUT2D eigenvalue weighted by atomic mass is 16.3. The lowest BCUT2D eigenvalue weighted by atomic mass is 9.44. The van der Waals surface area contributed by atoms with E-state index in [9.17, 15) is 34.8 Å². The lowest BCUT2D eigenvalue weighted by Crippen LogP contribution is -2.67. The summed E-state index contributed by atoms with van der Waals surface area (Å²) < 4.78 is 0. The maximum atomic E-state index is 14.1. The fourth-order valence-electron chi connectivity index (χ4n) is 7.55. The molecule has 7 nitrogen and oxygen atoms in total. The summed E-state index contributed by atoms with van der Waals surface area (Å²) in [5.41, 5.74) is -4.00. The molecule has 37 heavy (non-hydrogen) atoms. The molecule has 0 aliphatic heterocycles. The van der Waals surface area contributed by atoms with Crippen LogP contribution in [0.4, 0.5) is 0 Å². The lowest BCUT2D eigenvalue weighted by Gasteiger charge is -2.59. The minimum Gasteiger partial charge on any atom is -0.511 e. The van der Waals surface area contributed by atoms with Gasteiger partial charge in [-0.1, -0.05) is 54.5 Å². The molecule has 4 N–H and O–H groups in total. The molecule has 0 radical (unpaired) electrons. The molecule has 4 atom stereocenters. The number of ketones is 3. The van der Waals surface area contributed by atoms with Crippen molar-refractivity contribution in [2.24, 2.45) is 22.7 Å². The van der Waals surface area contributed by atoms with Gasteiger partial charge in [-0.2, -0.15) is 0 Å². The van der Waals surface area contributed by atoms with Crippen LogP contribution in [0.15, 0.2) is 28.7 Å². The van der Waals surface area contributed by atoms with E-state index in [0.717, 1.165) is 12.5 Å². The predicted molar refractivity (Wildman–Crippen MR) is 139 cm³/mol. The number of aryl methyl sites for hydroxylation is 1. The fraction of sp³-hybridized carbons (Fsp3) is 0.567. The van der Waals surface area contributed by atoms with E-state index >= 15 is 0 Å². The summed E-state index contributed by atoms with van der Waals surface area (Å²) in [5, 5.41) is 46.2. The Balaban J connectivity index is 2.09. The van der Waals surface area contributed by atoms with Gasteiger partial charge in [0, 0.05) is 27.9 Å². The molecule has 200 valence electrons. The maximum absolute atomic E-state index is 14.1. The summed E-state index contributed by atoms with van der Waals surface area (Å²) in [4.78, 5) is 40.3. The molecule has 0 spiro atoms. The van der Waals surface area contributed by atoms with Crippen LogP contribution in [0.25, 0.3) is 0 Å². The Kier molecular flexibility index (Phi) is 5.71. The summed E-state index contributed by atoms with van der Waals surface area (Å²) in [5.74, 6) is -4.94. The molecule has 0 saturated carbocycles. The predicted octanol–water partition coefficient (Wildman–Crippen LogP) is 4.95. The number of Topliss-reactive ketones (excluding diaryl/α,β-unsaturated/α-hetero) is 3. The van der Waals surface area contributed by atoms with Gasteiger partial charge >= 0.3 is 0 Å². The van der Waals surface area contributed by atoms with Gasteiger partial charge in [-0.3, -0.25) is 14.4 Å². The number of phenolic OH excluding ortho intramolecular Hbond substituents is 1. The van der Waals surface area contributed by atoms with Crippen molar-refractivity contribution in [3.05, 3.63) is 51.0 Å². The van der Waals surface area contributed by atoms with E-state index in [1.807, 2.05) is 54.5 Å². The molecule has 1 aromatic rings. The third-order valence-electron chi connectivity index (χ3n) is 9.04. The number of benzene rings is 1. The summed E-state index contributed by atoms with van der Waals surface area (Å²) in [7, 11) is 0. The largest absolute Gasteiger partial charge is 0.511 e. The zero-order valence-electron chi connectivity index (χ0n) is 23.2. The number of hydrogen-bond donors (Lipinski definition) is 4. The first kappa shape index (κ1) is 27.1. The summed E-state index contributed by atoms with van der Waals surface area (Å²) in [6.07, 6.45) is 0.373. The van der Waals surface area contributed by atoms with Gasteiger partial charge in [0.05, 0.1) is 5.56 Å². The van der Waals surface area contributed by atoms with Gasteiger partial charge < -0.3 is 20.4 Å². The number of rotatable bonds is 2. The maximum Gasteiger partial charge on any atom is 0.209 e. The summed E-state index contributed by atoms with van der Waals surface area (Å²) in [6, 6.07) is 1.88. The molecule has 0 amide bonds. The van der Waals surface area contributed by atoms with Crippen LogP contribution in [-0.4, -0.2) is 43.4 Å². The van der Waals surface area contributed by atoms with E-state index in [2.05, 4.69) is 0 Å². The van der Waals surface area contributed by atoms with Gasteiger partial charge in [0.25, 0.3) is 0 Å². The molecule has 0 aromatic heterocycles. The number of carbonyl (C=O) groups is 3. The second-order valence-electron chi connectivity index (χ2n) is 13.2. The first-order valence-corrected chi connectivity index (χ1v) is 12.8. The topological polar surface area (TPSA) is 132 Å². The fourth-order valence-corrected chi connectivity index (χ4v) is 7.55. The number of aliphatic hydroxyl groups excluding tert-OH is 2. The van der Waals surface area contributed by atoms with Crippen LogP contribution in [-0.2, 0) is 21.4 Å². The molecule has 3 aliphatic carbocycles. The second-order valence-corrected chi connectivity index (χ2v) is 13.2. The van der Waals surface area contributed by atoms with Crippen molar-refractivity contribution in [1.82, 2.24) is 0 Å². The molecule has 4 rings (SSSR count). The highest BCUT2D eigenvalue weighted by Gasteiger charge is 2.71. The van der Waals surface area contributed by atoms with Gasteiger partial charge in [-0.25, -0.2) is 0 Å². The number of fused-ring (bicyclic) bond motifs is 3. The normalized spacial score (nSPS) is 31.9. The van der Waals surface area contributed by atoms with E-state index in [1.165, 1.54) is 0 Å². The Bertz CT molecular complexity index is 1340. The first-order chi connectivity index (χ1) is 16.8. The Hall–Kier alpha value is -2.93. The van der Waals surface area contributed by atoms with Crippen LogP contribution in [0.5, 0.6) is 5.75 Å². The van der Waals surface area contributed by atoms with Crippen LogP contribution in [0, 0.1) is 29.6 Å². The standard InChI is InChI=1S/C30H38O7/c1-13(2)20-23(33)18(15(4)31)25(35)30(37)26(36)21-24(34)19-16(11-28(21,8)12-29(20,30)9)14(3)10-17(22(19)32)27(5,6)7/h10,13,20,32-33,36-37H,11-12H2,1-9H3/t20?,28-,29-,30+/m1/s1. The average molecular weight is 511 g/mol. The third-order valence-corrected chi connectivity index (χ3v) is 9.04. The third kappa shape index (κ3) is 3.25. The number of phenols is 1. The molecular weight excluding hydrogens is 472 g/mol. The van der Waals surface area contributed by atoms with Gasteiger partial charge in [-0.15, -0.1) is 0 Å². The quantitative estimate of drug-likeness (QED) is 0.414. The van der Waals surface area contributed by atoms with Crippen molar-refractivity contribution in [2.75, 3.05) is 0 Å². The average Bonchev–Trinajstić information content (AvgIpc) is 2.71. The van der Waals surface area contributed by atoms with E-state index in [0.29, 0.717) is 11.1 Å². The highest BCUT2D eigenvalue weighted by Crippen LogP contribution is 2.65. The van der Waals surface area contributed by atoms with E-state index in [1.54, 1.807) is 6.92 Å². The molecule has 3 aliphatic rings. The van der Waals surface area contributed by atoms with Gasteiger partial charge in [0.15, 0.2) is 17.2 Å². The lowest BCUT2D eigenvalue weighted by molar-refractivity contribution is -0.171. The molecule has 0 fully saturated rings. The molecule has 1 aromatic carbocycles. The van der Waals surface area contributed by atoms with Crippen molar-refractivity contribution < 1.29 is 34.8 Å². The van der Waals surface area contributed by atoms with E-state index in [4.69, 9.17) is 0 Å². The number of aliphatic hydroxyl groups is 3. The second kappa shape index (κ2) is 7.79. The van der Waals surface area contributed by atoms with Crippen LogP contribution >= 0.6 is 0 Å². The number of allylic oxidation sites excluding steroid dienone is 2. The van der Waals surface area contributed by atoms with Crippen LogP contribution in [0.2, 0.25) is 0 Å². The van der Waals surface area contributed by atoms with Gasteiger partial charge in [-0.05, 0) is 49.1 Å². The monoisotopic (exact) mass is 510 g/mol. The van der Waals surface area contributed by atoms with Crippen molar-refractivity contribution in [3.8, 4) is 5.75 Å². The number of aromatic hydroxyl groups is 1. The Morgan fingerprint density at radius 3 is 2.16 bits per heavy atom. The van der Waals surface area contributed by atoms with Crippen LogP contribution in [0.3, 0.4) is 0 Å². The Morgan fingerprint density at radius 1 is 1.11 bits per heavy atom. The van der Waals surface area contributed by atoms with E-state index < -0.39 is 56.4 Å². The molecular formula is C30H38O7. The smallest absolute Gasteiger partial charge is 0.209 e. The summed E-state index contributed by atoms with van der Waals surface area (Å²) in [6.45, 7) is 15.8. The van der Waals surface area contributed by atoms with Crippen molar-refractivity contribution in [3.63, 3.8) is 0 Å². The molecule has 0 heterocycles. The van der Waals surface area contributed by atoms with Crippen molar-refractivity contribution in [1.29, 1.82) is 0 Å². The number of carbonyl (C=O) groups excluding carboxylic acids is 3. The van der Waals surface area contributed by atoms with Gasteiger partial charge in [0.2, 0.25) is 5.78 Å². The van der Waals surface area contributed by atoms with Crippen molar-refractivity contribution in [2.45, 2.75) is 86.2 Å². The first-order valence-electron chi connectivity index (χ1n) is 12.8. The minimum absolute atomic E-state index is 0.0741. The number of hydrogen-bond acceptors (Lipinski definition) is 7. The molecule has 1 unspecified atom stereocenters. The van der Waals surface area contributed by atoms with Crippen molar-refractivity contribution >= 4 is 17.3 Å². The van der Waals surface area contributed by atoms with Crippen LogP contribution < -0.4 is 0 Å². The highest BCUT2D eigenvalue weighted by molar-refractivity contribution is 6.25. The zero-order valence-corrected chi connectivity index (χ0v) is 23.2. The van der Waals surface area contributed by atoms with E-state index in [-0.39, 0.29) is 41.4 Å². The SMILES string of the molecule is CC(=O)C1=C(O)C(C(C)C)[C@@]2(C)C[C@@]3(C)Cc4c(C)cc(C(C)(C)C)c(O)c4C(=O)C3=C(O)[C@@]2(O)C1=O. The molecule has 7 heteroatoms. The molecule has 0 bridgehead atoms. The zero-order chi connectivity index (χ0) is 28.2. The van der Waals surface area contributed by atoms with Gasteiger partial charge in [0.1, 0.15) is 22.8 Å². The molecule has 0 saturated heterocycles. The summed E-state index contributed by atoms with van der Waals surface area (Å²) >= 11 is 0.